The molecule has 1 fully saturated rings. The van der Waals surface area contributed by atoms with Gasteiger partial charge in [-0.05, 0) is 43.0 Å². The number of amides is 1. The molecule has 0 saturated carbocycles. The van der Waals surface area contributed by atoms with Crippen molar-refractivity contribution in [1.82, 2.24) is 9.97 Å². The standard InChI is InChI=1S/C17H21N5O/c18-17(23)14-12-19-6-5-15(14)21-11-13-4-7-20-16(10-13)22-8-2-1-3-9-22/h4-7,10,12H,1-3,8-9,11H2,(H2,18,23)(H,19,21). The number of rotatable bonds is 5. The van der Waals surface area contributed by atoms with Gasteiger partial charge in [0.25, 0.3) is 5.91 Å². The maximum atomic E-state index is 11.4. The number of nitrogens with zero attached hydrogens (tertiary/aromatic N) is 3. The van der Waals surface area contributed by atoms with Gasteiger partial charge < -0.3 is 16.0 Å². The van der Waals surface area contributed by atoms with Gasteiger partial charge in [0.2, 0.25) is 0 Å². The Labute approximate surface area is 135 Å². The summed E-state index contributed by atoms with van der Waals surface area (Å²) < 4.78 is 0. The molecule has 0 aliphatic carbocycles. The minimum atomic E-state index is -0.482. The van der Waals surface area contributed by atoms with Gasteiger partial charge in [0.15, 0.2) is 0 Å². The average Bonchev–Trinajstić information content (AvgIpc) is 2.61. The molecule has 3 heterocycles. The Balaban J connectivity index is 1.70. The second-order valence-electron chi connectivity index (χ2n) is 5.71. The summed E-state index contributed by atoms with van der Waals surface area (Å²) in [6.07, 6.45) is 8.71. The largest absolute Gasteiger partial charge is 0.380 e. The van der Waals surface area contributed by atoms with Crippen LogP contribution in [0.5, 0.6) is 0 Å². The van der Waals surface area contributed by atoms with E-state index in [0.29, 0.717) is 17.8 Å². The third kappa shape index (κ3) is 3.77. The second-order valence-corrected chi connectivity index (χ2v) is 5.71. The summed E-state index contributed by atoms with van der Waals surface area (Å²) in [4.78, 5) is 22.2. The molecule has 0 unspecified atom stereocenters. The van der Waals surface area contributed by atoms with Crippen molar-refractivity contribution >= 4 is 17.4 Å². The molecule has 0 aromatic carbocycles. The van der Waals surface area contributed by atoms with Gasteiger partial charge >= 0.3 is 0 Å². The number of pyridine rings is 2. The van der Waals surface area contributed by atoms with Crippen molar-refractivity contribution in [2.75, 3.05) is 23.3 Å². The summed E-state index contributed by atoms with van der Waals surface area (Å²) in [5.41, 5.74) is 7.59. The third-order valence-electron chi connectivity index (χ3n) is 4.06. The zero-order chi connectivity index (χ0) is 16.1. The normalized spacial score (nSPS) is 14.5. The van der Waals surface area contributed by atoms with E-state index in [0.717, 1.165) is 24.5 Å². The van der Waals surface area contributed by atoms with Crippen LogP contribution in [0.2, 0.25) is 0 Å². The fourth-order valence-electron chi connectivity index (χ4n) is 2.81. The number of carbonyl (C=O) groups is 1. The summed E-state index contributed by atoms with van der Waals surface area (Å²) >= 11 is 0. The van der Waals surface area contributed by atoms with Crippen LogP contribution in [0.3, 0.4) is 0 Å². The lowest BCUT2D eigenvalue weighted by Crippen LogP contribution is -2.30. The number of nitrogens with two attached hydrogens (primary N) is 1. The van der Waals surface area contributed by atoms with Crippen molar-refractivity contribution in [1.29, 1.82) is 0 Å². The molecular weight excluding hydrogens is 290 g/mol. The Kier molecular flexibility index (Phi) is 4.71. The highest BCUT2D eigenvalue weighted by Gasteiger charge is 2.12. The van der Waals surface area contributed by atoms with Crippen LogP contribution in [0, 0.1) is 0 Å². The lowest BCUT2D eigenvalue weighted by atomic mass is 10.1. The van der Waals surface area contributed by atoms with E-state index in [4.69, 9.17) is 5.73 Å². The van der Waals surface area contributed by atoms with Crippen molar-refractivity contribution < 1.29 is 4.79 Å². The number of aromatic nitrogens is 2. The first kappa shape index (κ1) is 15.3. The van der Waals surface area contributed by atoms with Gasteiger partial charge in [-0.1, -0.05) is 0 Å². The molecule has 6 nitrogen and oxygen atoms in total. The molecule has 3 rings (SSSR count). The number of anilines is 2. The first-order valence-electron chi connectivity index (χ1n) is 7.91. The van der Waals surface area contributed by atoms with Crippen LogP contribution in [0.15, 0.2) is 36.8 Å². The van der Waals surface area contributed by atoms with E-state index in [1.54, 1.807) is 12.3 Å². The summed E-state index contributed by atoms with van der Waals surface area (Å²) in [7, 11) is 0. The van der Waals surface area contributed by atoms with Crippen molar-refractivity contribution in [3.05, 3.63) is 47.9 Å². The summed E-state index contributed by atoms with van der Waals surface area (Å²) in [6.45, 7) is 2.74. The van der Waals surface area contributed by atoms with E-state index >= 15 is 0 Å². The maximum Gasteiger partial charge on any atom is 0.252 e. The lowest BCUT2D eigenvalue weighted by molar-refractivity contribution is 0.100. The Hall–Kier alpha value is -2.63. The molecule has 1 saturated heterocycles. The fourth-order valence-corrected chi connectivity index (χ4v) is 2.81. The Morgan fingerprint density at radius 1 is 1.22 bits per heavy atom. The van der Waals surface area contributed by atoms with E-state index in [1.165, 1.54) is 25.5 Å². The van der Waals surface area contributed by atoms with E-state index < -0.39 is 5.91 Å². The van der Waals surface area contributed by atoms with E-state index in [-0.39, 0.29) is 0 Å². The summed E-state index contributed by atoms with van der Waals surface area (Å²) in [5.74, 6) is 0.540. The van der Waals surface area contributed by atoms with Crippen LogP contribution in [0.25, 0.3) is 0 Å². The monoisotopic (exact) mass is 311 g/mol. The molecule has 2 aromatic heterocycles. The zero-order valence-electron chi connectivity index (χ0n) is 13.0. The molecule has 0 spiro atoms. The minimum absolute atomic E-state index is 0.401. The predicted molar refractivity (Wildman–Crippen MR) is 90.4 cm³/mol. The molecule has 1 aliphatic heterocycles. The van der Waals surface area contributed by atoms with Gasteiger partial charge in [0.05, 0.1) is 11.3 Å². The molecule has 1 aliphatic rings. The van der Waals surface area contributed by atoms with Crippen LogP contribution in [0.1, 0.15) is 35.2 Å². The van der Waals surface area contributed by atoms with Crippen molar-refractivity contribution in [3.8, 4) is 0 Å². The summed E-state index contributed by atoms with van der Waals surface area (Å²) in [5, 5.41) is 3.25. The van der Waals surface area contributed by atoms with Gasteiger partial charge in [-0.3, -0.25) is 9.78 Å². The molecule has 3 N–H and O–H groups in total. The maximum absolute atomic E-state index is 11.4. The van der Waals surface area contributed by atoms with Crippen LogP contribution >= 0.6 is 0 Å². The van der Waals surface area contributed by atoms with Gasteiger partial charge in [-0.25, -0.2) is 4.98 Å². The van der Waals surface area contributed by atoms with E-state index in [2.05, 4.69) is 26.3 Å². The average molecular weight is 311 g/mol. The van der Waals surface area contributed by atoms with Gasteiger partial charge in [-0.15, -0.1) is 0 Å². The van der Waals surface area contributed by atoms with E-state index in [9.17, 15) is 4.79 Å². The fraction of sp³-hybridized carbons (Fsp3) is 0.353. The highest BCUT2D eigenvalue weighted by atomic mass is 16.1. The van der Waals surface area contributed by atoms with Crippen molar-refractivity contribution in [2.45, 2.75) is 25.8 Å². The molecular formula is C17H21N5O. The predicted octanol–water partition coefficient (Wildman–Crippen LogP) is 2.18. The number of piperidine rings is 1. The lowest BCUT2D eigenvalue weighted by Gasteiger charge is -2.28. The van der Waals surface area contributed by atoms with Crippen LogP contribution in [-0.4, -0.2) is 29.0 Å². The molecule has 1 amide bonds. The highest BCUT2D eigenvalue weighted by molar-refractivity contribution is 5.98. The van der Waals surface area contributed by atoms with Crippen LogP contribution in [-0.2, 0) is 6.54 Å². The molecule has 23 heavy (non-hydrogen) atoms. The molecule has 0 radical (unpaired) electrons. The second kappa shape index (κ2) is 7.09. The van der Waals surface area contributed by atoms with Gasteiger partial charge in [-0.2, -0.15) is 0 Å². The number of hydrogen-bond acceptors (Lipinski definition) is 5. The zero-order valence-corrected chi connectivity index (χ0v) is 13.0. The highest BCUT2D eigenvalue weighted by Crippen LogP contribution is 2.19. The molecule has 120 valence electrons. The molecule has 6 heteroatoms. The van der Waals surface area contributed by atoms with Gasteiger partial charge in [0.1, 0.15) is 5.82 Å². The number of carbonyl (C=O) groups excluding carboxylic acids is 1. The van der Waals surface area contributed by atoms with Gasteiger partial charge in [0, 0.05) is 38.2 Å². The SMILES string of the molecule is NC(=O)c1cnccc1NCc1ccnc(N2CCCCC2)c1. The van der Waals surface area contributed by atoms with Crippen molar-refractivity contribution in [3.63, 3.8) is 0 Å². The topological polar surface area (TPSA) is 84.1 Å². The smallest absolute Gasteiger partial charge is 0.252 e. The van der Waals surface area contributed by atoms with E-state index in [1.807, 2.05) is 12.3 Å². The molecule has 0 atom stereocenters. The minimum Gasteiger partial charge on any atom is -0.380 e. The number of nitrogens with one attached hydrogen (secondary N) is 1. The van der Waals surface area contributed by atoms with Crippen LogP contribution in [0.4, 0.5) is 11.5 Å². The number of primary amides is 1. The van der Waals surface area contributed by atoms with Crippen LogP contribution < -0.4 is 16.0 Å². The van der Waals surface area contributed by atoms with Crippen molar-refractivity contribution in [2.24, 2.45) is 5.73 Å². The first-order valence-corrected chi connectivity index (χ1v) is 7.91. The molecule has 0 bridgehead atoms. The third-order valence-corrected chi connectivity index (χ3v) is 4.06. The molecule has 2 aromatic rings. The Bertz CT molecular complexity index is 682. The first-order chi connectivity index (χ1) is 11.2. The summed E-state index contributed by atoms with van der Waals surface area (Å²) in [6, 6.07) is 5.84. The number of hydrogen-bond donors (Lipinski definition) is 2. The quantitative estimate of drug-likeness (QED) is 0.884. The Morgan fingerprint density at radius 2 is 2.04 bits per heavy atom. The Morgan fingerprint density at radius 3 is 2.83 bits per heavy atom.